The molecule has 1 N–H and O–H groups in total. The van der Waals surface area contributed by atoms with E-state index in [9.17, 15) is 13.2 Å². The molecule has 188 valence electrons. The van der Waals surface area contributed by atoms with Gasteiger partial charge in [0.05, 0.1) is 17.3 Å². The van der Waals surface area contributed by atoms with Crippen molar-refractivity contribution in [3.8, 4) is 0 Å². The highest BCUT2D eigenvalue weighted by Gasteiger charge is 2.37. The van der Waals surface area contributed by atoms with Crippen LogP contribution in [0.2, 0.25) is 0 Å². The van der Waals surface area contributed by atoms with Gasteiger partial charge in [0.25, 0.3) is 0 Å². The molecule has 2 fully saturated rings. The molecule has 2 unspecified atom stereocenters. The Morgan fingerprint density at radius 3 is 2.34 bits per heavy atom. The maximum Gasteiger partial charge on any atom is 0.416 e. The van der Waals surface area contributed by atoms with Crippen LogP contribution in [0, 0.1) is 13.8 Å². The lowest BCUT2D eigenvalue weighted by atomic mass is 9.97. The first-order chi connectivity index (χ1) is 16.1. The summed E-state index contributed by atoms with van der Waals surface area (Å²) in [5.41, 5.74) is 2.19. The fraction of sp³-hybridized carbons (Fsp3) is 0.462. The molecule has 5 rings (SSSR count). The summed E-state index contributed by atoms with van der Waals surface area (Å²) in [5, 5.41) is 14.0. The van der Waals surface area contributed by atoms with Crippen LogP contribution in [-0.2, 0) is 6.18 Å². The molecule has 2 aliphatic rings. The normalized spacial score (nSPS) is 21.2. The summed E-state index contributed by atoms with van der Waals surface area (Å²) in [6.45, 7) is 7.30. The number of likely N-dealkylation sites (N-methyl/N-ethyl adjacent to an activating group) is 1. The number of piperazine rings is 1. The van der Waals surface area contributed by atoms with Crippen LogP contribution < -0.4 is 10.2 Å². The van der Waals surface area contributed by atoms with Crippen molar-refractivity contribution in [3.05, 3.63) is 58.8 Å². The third kappa shape index (κ3) is 4.66. The number of rotatable bonds is 4. The van der Waals surface area contributed by atoms with Crippen molar-refractivity contribution in [2.45, 2.75) is 57.9 Å². The zero-order valence-electron chi connectivity index (χ0n) is 20.4. The Labute approximate surface area is 210 Å². The first-order valence-corrected chi connectivity index (χ1v) is 11.8. The molecule has 9 heteroatoms. The van der Waals surface area contributed by atoms with E-state index in [-0.39, 0.29) is 24.0 Å². The Balaban J connectivity index is 0.00000289. The number of aromatic nitrogens is 2. The maximum absolute atomic E-state index is 13.4. The van der Waals surface area contributed by atoms with Gasteiger partial charge in [-0.25, -0.2) is 0 Å². The molecule has 2 saturated heterocycles. The molecule has 0 spiro atoms. The minimum atomic E-state index is -4.38. The third-order valence-corrected chi connectivity index (χ3v) is 7.66. The smallest absolute Gasteiger partial charge is 0.368 e. The number of aryl methyl sites for hydroxylation is 1. The average Bonchev–Trinajstić information content (AvgIpc) is 2.99. The van der Waals surface area contributed by atoms with Gasteiger partial charge in [-0.15, -0.1) is 17.5 Å². The molecular formula is C26H31ClF3N5. The SMILES string of the molecule is Cc1c([C@@H](C)Nc2nnc(C)c3ccc(N4CC5CCC(C4)N5C)cc23)cccc1C(F)(F)F.Cl. The monoisotopic (exact) mass is 505 g/mol. The summed E-state index contributed by atoms with van der Waals surface area (Å²) in [7, 11) is 2.22. The average molecular weight is 506 g/mol. The number of nitrogens with zero attached hydrogens (tertiary/aromatic N) is 4. The molecule has 2 bridgehead atoms. The van der Waals surface area contributed by atoms with Crippen LogP contribution in [0.4, 0.5) is 24.7 Å². The number of anilines is 2. The second kappa shape index (κ2) is 9.47. The second-order valence-electron chi connectivity index (χ2n) is 9.70. The van der Waals surface area contributed by atoms with Crippen LogP contribution in [0.15, 0.2) is 36.4 Å². The van der Waals surface area contributed by atoms with Crippen molar-refractivity contribution in [1.29, 1.82) is 0 Å². The lowest BCUT2D eigenvalue weighted by Crippen LogP contribution is -2.52. The molecule has 0 saturated carbocycles. The van der Waals surface area contributed by atoms with Gasteiger partial charge in [-0.3, -0.25) is 4.90 Å². The molecule has 35 heavy (non-hydrogen) atoms. The van der Waals surface area contributed by atoms with E-state index in [0.29, 0.717) is 23.5 Å². The van der Waals surface area contributed by atoms with Crippen molar-refractivity contribution >= 4 is 34.7 Å². The highest BCUT2D eigenvalue weighted by molar-refractivity contribution is 5.95. The maximum atomic E-state index is 13.4. The van der Waals surface area contributed by atoms with Crippen molar-refractivity contribution in [3.63, 3.8) is 0 Å². The molecular weight excluding hydrogens is 475 g/mol. The molecule has 1 aromatic heterocycles. The van der Waals surface area contributed by atoms with Crippen molar-refractivity contribution in [1.82, 2.24) is 15.1 Å². The fourth-order valence-corrected chi connectivity index (χ4v) is 5.62. The van der Waals surface area contributed by atoms with Gasteiger partial charge in [0, 0.05) is 41.6 Å². The molecule has 0 aliphatic carbocycles. The van der Waals surface area contributed by atoms with Crippen molar-refractivity contribution < 1.29 is 13.2 Å². The van der Waals surface area contributed by atoms with Gasteiger partial charge in [-0.1, -0.05) is 18.2 Å². The van der Waals surface area contributed by atoms with Gasteiger partial charge in [0.15, 0.2) is 5.82 Å². The summed E-state index contributed by atoms with van der Waals surface area (Å²) in [6, 6.07) is 11.5. The van der Waals surface area contributed by atoms with Crippen molar-refractivity contribution in [2.75, 3.05) is 30.4 Å². The lowest BCUT2D eigenvalue weighted by Gasteiger charge is -2.40. The van der Waals surface area contributed by atoms with E-state index in [1.807, 2.05) is 13.8 Å². The molecule has 3 atom stereocenters. The van der Waals surface area contributed by atoms with E-state index in [1.165, 1.54) is 25.8 Å². The van der Waals surface area contributed by atoms with E-state index >= 15 is 0 Å². The van der Waals surface area contributed by atoms with Gasteiger partial charge < -0.3 is 10.2 Å². The Morgan fingerprint density at radius 2 is 1.69 bits per heavy atom. The van der Waals surface area contributed by atoms with Crippen LogP contribution in [0.25, 0.3) is 10.8 Å². The van der Waals surface area contributed by atoms with Gasteiger partial charge >= 0.3 is 6.18 Å². The largest absolute Gasteiger partial charge is 0.416 e. The number of alkyl halides is 3. The summed E-state index contributed by atoms with van der Waals surface area (Å²) in [5.74, 6) is 0.587. The predicted octanol–water partition coefficient (Wildman–Crippen LogP) is 6.14. The number of halogens is 4. The van der Waals surface area contributed by atoms with E-state index in [1.54, 1.807) is 6.07 Å². The van der Waals surface area contributed by atoms with E-state index in [0.717, 1.165) is 41.3 Å². The first-order valence-electron chi connectivity index (χ1n) is 11.8. The molecule has 2 aromatic carbocycles. The second-order valence-corrected chi connectivity index (χ2v) is 9.70. The Morgan fingerprint density at radius 1 is 1.00 bits per heavy atom. The molecule has 3 aromatic rings. The standard InChI is InChI=1S/C26H30F3N5.ClH/c1-15-21(6-5-7-24(15)26(27,28)29)16(2)30-25-23-12-18(10-11-22(23)17(3)31-32-25)34-13-19-8-9-20(14-34)33(19)4;/h5-7,10-12,16,19-20H,8-9,13-14H2,1-4H3,(H,30,32);1H/t16-,19?,20?;/m1./s1. The minimum absolute atomic E-state index is 0. The van der Waals surface area contributed by atoms with Crippen LogP contribution in [-0.4, -0.2) is 47.3 Å². The van der Waals surface area contributed by atoms with Gasteiger partial charge in [0.1, 0.15) is 0 Å². The van der Waals surface area contributed by atoms with Crippen LogP contribution in [0.3, 0.4) is 0 Å². The van der Waals surface area contributed by atoms with Crippen molar-refractivity contribution in [2.24, 2.45) is 0 Å². The number of nitrogens with one attached hydrogen (secondary N) is 1. The van der Waals surface area contributed by atoms with Gasteiger partial charge in [0.2, 0.25) is 0 Å². The first kappa shape index (κ1) is 25.5. The summed E-state index contributed by atoms with van der Waals surface area (Å²) in [6.07, 6.45) is -1.92. The summed E-state index contributed by atoms with van der Waals surface area (Å²) in [4.78, 5) is 4.95. The van der Waals surface area contributed by atoms with Crippen LogP contribution >= 0.6 is 12.4 Å². The van der Waals surface area contributed by atoms with E-state index in [4.69, 9.17) is 0 Å². The Bertz CT molecular complexity index is 1220. The number of fused-ring (bicyclic) bond motifs is 3. The Hall–Kier alpha value is -2.58. The predicted molar refractivity (Wildman–Crippen MR) is 137 cm³/mol. The van der Waals surface area contributed by atoms with Gasteiger partial charge in [-0.2, -0.15) is 18.3 Å². The van der Waals surface area contributed by atoms with Gasteiger partial charge in [-0.05, 0) is 70.0 Å². The molecule has 0 radical (unpaired) electrons. The third-order valence-electron chi connectivity index (χ3n) is 7.66. The lowest BCUT2D eigenvalue weighted by molar-refractivity contribution is -0.138. The van der Waals surface area contributed by atoms with Crippen LogP contribution in [0.1, 0.15) is 48.2 Å². The summed E-state index contributed by atoms with van der Waals surface area (Å²) < 4.78 is 40.3. The quantitative estimate of drug-likeness (QED) is 0.461. The topological polar surface area (TPSA) is 44.3 Å². The number of hydrogen-bond donors (Lipinski definition) is 1. The number of hydrogen-bond acceptors (Lipinski definition) is 5. The molecule has 5 nitrogen and oxygen atoms in total. The van der Waals surface area contributed by atoms with Crippen LogP contribution in [0.5, 0.6) is 0 Å². The zero-order valence-corrected chi connectivity index (χ0v) is 21.2. The highest BCUT2D eigenvalue weighted by Crippen LogP contribution is 2.37. The summed E-state index contributed by atoms with van der Waals surface area (Å²) >= 11 is 0. The molecule has 0 amide bonds. The van der Waals surface area contributed by atoms with E-state index < -0.39 is 11.7 Å². The minimum Gasteiger partial charge on any atom is -0.368 e. The molecule has 3 heterocycles. The van der Waals surface area contributed by atoms with E-state index in [2.05, 4.69) is 50.6 Å². The number of benzene rings is 2. The zero-order chi connectivity index (χ0) is 24.2. The fourth-order valence-electron chi connectivity index (χ4n) is 5.62. The highest BCUT2D eigenvalue weighted by atomic mass is 35.5. The Kier molecular flexibility index (Phi) is 6.90. The molecule has 2 aliphatic heterocycles.